The van der Waals surface area contributed by atoms with Gasteiger partial charge in [-0.2, -0.15) is 0 Å². The molecular formula is C28H31N5. The smallest absolute Gasteiger partial charge is 0.137 e. The van der Waals surface area contributed by atoms with Crippen LogP contribution in [-0.2, 0) is 6.42 Å². The maximum absolute atomic E-state index is 4.98. The van der Waals surface area contributed by atoms with E-state index in [2.05, 4.69) is 77.4 Å². The number of hydrogen-bond acceptors (Lipinski definition) is 4. The summed E-state index contributed by atoms with van der Waals surface area (Å²) in [6.07, 6.45) is 14.2. The average Bonchev–Trinajstić information content (AvgIpc) is 3.26. The van der Waals surface area contributed by atoms with Gasteiger partial charge in [-0.25, -0.2) is 4.98 Å². The number of aromatic amines is 1. The second kappa shape index (κ2) is 9.74. The van der Waals surface area contributed by atoms with Crippen molar-refractivity contribution in [2.75, 3.05) is 19.0 Å². The molecule has 1 atom stereocenters. The molecule has 5 heteroatoms. The van der Waals surface area contributed by atoms with Crippen LogP contribution in [0, 0.1) is 0 Å². The summed E-state index contributed by atoms with van der Waals surface area (Å²) < 4.78 is 0. The van der Waals surface area contributed by atoms with Gasteiger partial charge in [-0.3, -0.25) is 4.98 Å². The largest absolute Gasteiger partial charge is 0.390 e. The zero-order valence-corrected chi connectivity index (χ0v) is 19.4. The first-order chi connectivity index (χ1) is 16.1. The van der Waals surface area contributed by atoms with Crippen LogP contribution in [0.2, 0.25) is 0 Å². The van der Waals surface area contributed by atoms with E-state index in [1.807, 2.05) is 37.8 Å². The lowest BCUT2D eigenvalue weighted by Crippen LogP contribution is -2.37. The predicted molar refractivity (Wildman–Crippen MR) is 141 cm³/mol. The molecule has 3 heterocycles. The molecule has 0 radical (unpaired) electrons. The number of H-pyrrole nitrogens is 1. The number of nitrogens with one attached hydrogen (secondary N) is 2. The number of hydrogen-bond donors (Lipinski definition) is 2. The Bertz CT molecular complexity index is 1320. The zero-order valence-electron chi connectivity index (χ0n) is 19.4. The molecular weight excluding hydrogens is 406 g/mol. The van der Waals surface area contributed by atoms with E-state index in [9.17, 15) is 0 Å². The van der Waals surface area contributed by atoms with Crippen LogP contribution in [0.25, 0.3) is 27.8 Å². The van der Waals surface area contributed by atoms with Gasteiger partial charge in [0.2, 0.25) is 0 Å². The molecule has 0 saturated carbocycles. The van der Waals surface area contributed by atoms with E-state index in [-0.39, 0.29) is 6.04 Å². The molecule has 0 saturated heterocycles. The maximum atomic E-state index is 4.98. The highest BCUT2D eigenvalue weighted by molar-refractivity contribution is 6.00. The van der Waals surface area contributed by atoms with E-state index in [0.717, 1.165) is 47.2 Å². The van der Waals surface area contributed by atoms with Crippen LogP contribution in [-0.4, -0.2) is 35.1 Å². The Morgan fingerprint density at radius 1 is 1.18 bits per heavy atom. The predicted octanol–water partition coefficient (Wildman–Crippen LogP) is 5.85. The average molecular weight is 438 g/mol. The second-order valence-electron chi connectivity index (χ2n) is 8.26. The lowest BCUT2D eigenvalue weighted by molar-refractivity contribution is 0.622. The fraction of sp³-hybridized carbons (Fsp3) is 0.214. The van der Waals surface area contributed by atoms with Gasteiger partial charge in [0, 0.05) is 55.6 Å². The molecule has 33 heavy (non-hydrogen) atoms. The zero-order chi connectivity index (χ0) is 23.4. The summed E-state index contributed by atoms with van der Waals surface area (Å²) in [5, 5.41) is 6.72. The van der Waals surface area contributed by atoms with Crippen LogP contribution < -0.4 is 10.2 Å². The molecule has 0 bridgehead atoms. The molecule has 168 valence electrons. The number of allylic oxidation sites excluding steroid dienone is 1. The summed E-state index contributed by atoms with van der Waals surface area (Å²) in [6, 6.07) is 8.52. The van der Waals surface area contributed by atoms with E-state index >= 15 is 0 Å². The number of aromatic nitrogens is 3. The molecule has 1 unspecified atom stereocenters. The van der Waals surface area contributed by atoms with E-state index in [0.29, 0.717) is 0 Å². The topological polar surface area (TPSA) is 56.8 Å². The lowest BCUT2D eigenvalue weighted by atomic mass is 9.96. The van der Waals surface area contributed by atoms with Gasteiger partial charge < -0.3 is 15.2 Å². The van der Waals surface area contributed by atoms with Crippen LogP contribution in [0.15, 0.2) is 80.6 Å². The second-order valence-corrected chi connectivity index (χ2v) is 8.26. The number of pyridine rings is 2. The molecule has 0 aliphatic rings. The summed E-state index contributed by atoms with van der Waals surface area (Å²) in [5.74, 6) is 0.929. The first kappa shape index (κ1) is 22.3. The van der Waals surface area contributed by atoms with E-state index in [1.54, 1.807) is 0 Å². The number of benzene rings is 1. The van der Waals surface area contributed by atoms with Gasteiger partial charge in [-0.1, -0.05) is 43.5 Å². The van der Waals surface area contributed by atoms with E-state index < -0.39 is 0 Å². The van der Waals surface area contributed by atoms with Gasteiger partial charge in [0.25, 0.3) is 0 Å². The van der Waals surface area contributed by atoms with Gasteiger partial charge in [-0.05, 0) is 41.0 Å². The molecule has 0 amide bonds. The van der Waals surface area contributed by atoms with Crippen LogP contribution in [0.3, 0.4) is 0 Å². The molecule has 0 spiro atoms. The standard InChI is InChI=1S/C28H31N5/c1-6-8-12-26(19(3)29-4)33(5)28-27-20(7-2)10-9-11-24(27)22(17-32-28)15-21-16-31-25-18-30-14-13-23(21)25/h6-7,9-11,13-14,16-18,26,29,31H,1-3,8,12,15H2,4-5H3. The van der Waals surface area contributed by atoms with Crippen LogP contribution in [0.1, 0.15) is 29.5 Å². The third kappa shape index (κ3) is 4.27. The van der Waals surface area contributed by atoms with Gasteiger partial charge in [0.1, 0.15) is 5.82 Å². The van der Waals surface area contributed by atoms with Gasteiger partial charge in [0.15, 0.2) is 0 Å². The Hall–Kier alpha value is -3.86. The van der Waals surface area contributed by atoms with Crippen molar-refractivity contribution in [1.82, 2.24) is 20.3 Å². The van der Waals surface area contributed by atoms with E-state index in [4.69, 9.17) is 4.98 Å². The first-order valence-electron chi connectivity index (χ1n) is 11.2. The lowest BCUT2D eigenvalue weighted by Gasteiger charge is -2.32. The molecule has 3 aromatic heterocycles. The van der Waals surface area contributed by atoms with Crippen molar-refractivity contribution in [2.24, 2.45) is 0 Å². The Morgan fingerprint density at radius 3 is 2.79 bits per heavy atom. The minimum Gasteiger partial charge on any atom is -0.390 e. The Labute approximate surface area is 195 Å². The van der Waals surface area contributed by atoms with Crippen LogP contribution in [0.5, 0.6) is 0 Å². The normalized spacial score (nSPS) is 11.9. The number of rotatable bonds is 10. The summed E-state index contributed by atoms with van der Waals surface area (Å²) in [6.45, 7) is 12.2. The minimum absolute atomic E-state index is 0.0912. The van der Waals surface area contributed by atoms with E-state index in [1.165, 1.54) is 21.9 Å². The fourth-order valence-electron chi connectivity index (χ4n) is 4.51. The highest BCUT2D eigenvalue weighted by atomic mass is 15.2. The molecule has 5 nitrogen and oxygen atoms in total. The molecule has 4 rings (SSSR count). The van der Waals surface area contributed by atoms with Crippen molar-refractivity contribution < 1.29 is 0 Å². The number of anilines is 1. The summed E-state index contributed by atoms with van der Waals surface area (Å²) in [5.41, 5.74) is 5.49. The van der Waals surface area contributed by atoms with Crippen molar-refractivity contribution in [1.29, 1.82) is 0 Å². The first-order valence-corrected chi connectivity index (χ1v) is 11.2. The van der Waals surface area contributed by atoms with Crippen molar-refractivity contribution in [3.05, 3.63) is 97.3 Å². The Morgan fingerprint density at radius 2 is 2.03 bits per heavy atom. The molecule has 0 aliphatic heterocycles. The number of nitrogens with zero attached hydrogens (tertiary/aromatic N) is 3. The number of fused-ring (bicyclic) bond motifs is 2. The SMILES string of the molecule is C=CCCC(C(=C)NC)N(C)c1ncc(Cc2c[nH]c3cnccc23)c2cccc(C=C)c12. The van der Waals surface area contributed by atoms with Crippen molar-refractivity contribution >= 4 is 33.6 Å². The minimum atomic E-state index is 0.0912. The third-order valence-corrected chi connectivity index (χ3v) is 6.35. The van der Waals surface area contributed by atoms with Crippen molar-refractivity contribution in [2.45, 2.75) is 25.3 Å². The molecule has 2 N–H and O–H groups in total. The van der Waals surface area contributed by atoms with Crippen molar-refractivity contribution in [3.8, 4) is 0 Å². The van der Waals surface area contributed by atoms with Crippen LogP contribution >= 0.6 is 0 Å². The third-order valence-electron chi connectivity index (χ3n) is 6.35. The van der Waals surface area contributed by atoms with Gasteiger partial charge >= 0.3 is 0 Å². The van der Waals surface area contributed by atoms with Crippen molar-refractivity contribution in [3.63, 3.8) is 0 Å². The summed E-state index contributed by atoms with van der Waals surface area (Å²) in [4.78, 5) is 14.8. The summed E-state index contributed by atoms with van der Waals surface area (Å²) >= 11 is 0. The Kier molecular flexibility index (Phi) is 6.59. The number of likely N-dealkylation sites (N-methyl/N-ethyl adjacent to an activating group) is 2. The fourth-order valence-corrected chi connectivity index (χ4v) is 4.51. The monoisotopic (exact) mass is 437 g/mol. The molecule has 0 aliphatic carbocycles. The Balaban J connectivity index is 1.83. The summed E-state index contributed by atoms with van der Waals surface area (Å²) in [7, 11) is 4.00. The van der Waals surface area contributed by atoms with Gasteiger partial charge in [-0.15, -0.1) is 6.58 Å². The van der Waals surface area contributed by atoms with Crippen LogP contribution in [0.4, 0.5) is 5.82 Å². The highest BCUT2D eigenvalue weighted by Gasteiger charge is 2.22. The highest BCUT2D eigenvalue weighted by Crippen LogP contribution is 2.34. The molecule has 1 aromatic carbocycles. The maximum Gasteiger partial charge on any atom is 0.137 e. The molecule has 4 aromatic rings. The molecule has 0 fully saturated rings. The van der Waals surface area contributed by atoms with Gasteiger partial charge in [0.05, 0.1) is 17.8 Å². The quantitative estimate of drug-likeness (QED) is 0.306.